The zero-order valence-corrected chi connectivity index (χ0v) is 13.3. The Labute approximate surface area is 139 Å². The Balaban J connectivity index is 1.70. The highest BCUT2D eigenvalue weighted by atomic mass is 16.3. The van der Waals surface area contributed by atoms with Gasteiger partial charge in [-0.15, -0.1) is 0 Å². The first-order chi connectivity index (χ1) is 11.5. The number of para-hydroxylation sites is 1. The number of benzene rings is 2. The van der Waals surface area contributed by atoms with Gasteiger partial charge in [0.1, 0.15) is 11.3 Å². The first kappa shape index (κ1) is 15.8. The van der Waals surface area contributed by atoms with E-state index in [2.05, 4.69) is 5.32 Å². The van der Waals surface area contributed by atoms with Crippen LogP contribution in [0.3, 0.4) is 0 Å². The van der Waals surface area contributed by atoms with Gasteiger partial charge < -0.3 is 15.5 Å². The second-order valence-corrected chi connectivity index (χ2v) is 5.74. The molecule has 0 bridgehead atoms. The number of carbonyl (C=O) groups is 2. The lowest BCUT2D eigenvalue weighted by Gasteiger charge is -2.10. The third-order valence-electron chi connectivity index (χ3n) is 3.86. The normalized spacial score (nSPS) is 12.0. The van der Waals surface area contributed by atoms with Gasteiger partial charge in [-0.2, -0.15) is 0 Å². The van der Waals surface area contributed by atoms with E-state index in [0.717, 1.165) is 16.5 Å². The Morgan fingerprint density at radius 1 is 1.12 bits per heavy atom. The fourth-order valence-electron chi connectivity index (χ4n) is 2.50. The molecule has 0 radical (unpaired) electrons. The lowest BCUT2D eigenvalue weighted by atomic mass is 10.1. The number of fused-ring (bicyclic) bond motifs is 1. The predicted octanol–water partition coefficient (Wildman–Crippen LogP) is 3.20. The monoisotopic (exact) mass is 322 g/mol. The van der Waals surface area contributed by atoms with Crippen LogP contribution in [0.2, 0.25) is 0 Å². The second-order valence-electron chi connectivity index (χ2n) is 5.74. The van der Waals surface area contributed by atoms with Crippen molar-refractivity contribution in [2.75, 3.05) is 5.32 Å². The minimum Gasteiger partial charge on any atom is -0.460 e. The van der Waals surface area contributed by atoms with Crippen molar-refractivity contribution in [2.45, 2.75) is 19.3 Å². The molecule has 0 aliphatic rings. The molecular weight excluding hydrogens is 304 g/mol. The number of nitrogens with one attached hydrogen (secondary N) is 1. The van der Waals surface area contributed by atoms with Crippen LogP contribution in [0.25, 0.3) is 11.0 Å². The quantitative estimate of drug-likeness (QED) is 0.756. The van der Waals surface area contributed by atoms with Crippen LogP contribution < -0.4 is 11.1 Å². The van der Waals surface area contributed by atoms with Gasteiger partial charge in [0.2, 0.25) is 11.8 Å². The Kier molecular flexibility index (Phi) is 4.33. The molecule has 1 heterocycles. The lowest BCUT2D eigenvalue weighted by molar-refractivity contribution is -0.118. The number of primary amides is 1. The second kappa shape index (κ2) is 6.58. The number of hydrogen-bond donors (Lipinski definition) is 2. The Morgan fingerprint density at radius 2 is 1.83 bits per heavy atom. The summed E-state index contributed by atoms with van der Waals surface area (Å²) in [7, 11) is 0. The molecule has 3 rings (SSSR count). The molecule has 1 aromatic heterocycles. The molecule has 2 aromatic carbocycles. The van der Waals surface area contributed by atoms with Crippen molar-refractivity contribution in [1.29, 1.82) is 0 Å². The highest BCUT2D eigenvalue weighted by molar-refractivity contribution is 5.96. The van der Waals surface area contributed by atoms with Crippen molar-refractivity contribution in [3.63, 3.8) is 0 Å². The third kappa shape index (κ3) is 3.46. The number of furan rings is 1. The minimum atomic E-state index is -0.414. The highest BCUT2D eigenvalue weighted by Gasteiger charge is 2.19. The number of carbonyl (C=O) groups excluding carboxylic acids is 2. The number of amides is 2. The summed E-state index contributed by atoms with van der Waals surface area (Å²) in [5.41, 5.74) is 7.40. The lowest BCUT2D eigenvalue weighted by Crippen LogP contribution is -2.18. The molecule has 0 unspecified atom stereocenters. The molecule has 5 nitrogen and oxygen atoms in total. The molecule has 0 fully saturated rings. The summed E-state index contributed by atoms with van der Waals surface area (Å²) >= 11 is 0. The predicted molar refractivity (Wildman–Crippen MR) is 92.6 cm³/mol. The van der Waals surface area contributed by atoms with E-state index in [1.165, 1.54) is 0 Å². The van der Waals surface area contributed by atoms with Crippen LogP contribution in [0.15, 0.2) is 59.0 Å². The average molecular weight is 322 g/mol. The molecule has 24 heavy (non-hydrogen) atoms. The van der Waals surface area contributed by atoms with E-state index in [1.807, 2.05) is 30.3 Å². The molecule has 5 heteroatoms. The molecule has 0 aliphatic heterocycles. The maximum atomic E-state index is 12.4. The first-order valence-corrected chi connectivity index (χ1v) is 7.69. The van der Waals surface area contributed by atoms with Crippen LogP contribution in [0.1, 0.15) is 24.2 Å². The summed E-state index contributed by atoms with van der Waals surface area (Å²) in [6, 6.07) is 16.6. The van der Waals surface area contributed by atoms with Crippen molar-refractivity contribution in [3.8, 4) is 0 Å². The van der Waals surface area contributed by atoms with E-state index in [4.69, 9.17) is 10.2 Å². The van der Waals surface area contributed by atoms with Gasteiger partial charge in [0, 0.05) is 11.1 Å². The zero-order chi connectivity index (χ0) is 17.1. The summed E-state index contributed by atoms with van der Waals surface area (Å²) in [4.78, 5) is 23.3. The van der Waals surface area contributed by atoms with Crippen molar-refractivity contribution < 1.29 is 14.0 Å². The van der Waals surface area contributed by atoms with E-state index < -0.39 is 5.92 Å². The van der Waals surface area contributed by atoms with E-state index in [-0.39, 0.29) is 18.2 Å². The Hall–Kier alpha value is -3.08. The van der Waals surface area contributed by atoms with Crippen LogP contribution in [-0.4, -0.2) is 11.8 Å². The summed E-state index contributed by atoms with van der Waals surface area (Å²) in [5.74, 6) is -0.330. The standard InChI is InChI=1S/C19H18N2O3/c1-12(17-11-14-4-2-3-5-16(14)24-17)19(23)21-15-8-6-13(7-9-15)10-18(20)22/h2-9,11-12H,10H2,1H3,(H2,20,22)(H,21,23)/t12-/m0/s1. The van der Waals surface area contributed by atoms with Gasteiger partial charge in [0.15, 0.2) is 0 Å². The fourth-order valence-corrected chi connectivity index (χ4v) is 2.50. The van der Waals surface area contributed by atoms with E-state index in [0.29, 0.717) is 11.4 Å². The Morgan fingerprint density at radius 3 is 2.50 bits per heavy atom. The van der Waals surface area contributed by atoms with Crippen molar-refractivity contribution in [1.82, 2.24) is 0 Å². The molecule has 0 saturated carbocycles. The van der Waals surface area contributed by atoms with E-state index in [9.17, 15) is 9.59 Å². The average Bonchev–Trinajstić information content (AvgIpc) is 2.99. The van der Waals surface area contributed by atoms with E-state index in [1.54, 1.807) is 31.2 Å². The fraction of sp³-hybridized carbons (Fsp3) is 0.158. The zero-order valence-electron chi connectivity index (χ0n) is 13.3. The van der Waals surface area contributed by atoms with Gasteiger partial charge in [0.05, 0.1) is 12.3 Å². The van der Waals surface area contributed by atoms with Crippen molar-refractivity contribution >= 4 is 28.5 Å². The molecular formula is C19H18N2O3. The smallest absolute Gasteiger partial charge is 0.234 e. The summed E-state index contributed by atoms with van der Waals surface area (Å²) < 4.78 is 5.74. The van der Waals surface area contributed by atoms with Crippen LogP contribution in [0, 0.1) is 0 Å². The third-order valence-corrected chi connectivity index (χ3v) is 3.86. The maximum absolute atomic E-state index is 12.4. The number of rotatable bonds is 5. The summed E-state index contributed by atoms with van der Waals surface area (Å²) in [6.07, 6.45) is 0.184. The number of nitrogens with two attached hydrogens (primary N) is 1. The molecule has 0 spiro atoms. The topological polar surface area (TPSA) is 85.3 Å². The van der Waals surface area contributed by atoms with Gasteiger partial charge in [-0.1, -0.05) is 30.3 Å². The molecule has 2 amide bonds. The molecule has 1 atom stereocenters. The van der Waals surface area contributed by atoms with Gasteiger partial charge >= 0.3 is 0 Å². The van der Waals surface area contributed by atoms with Crippen LogP contribution in [0.5, 0.6) is 0 Å². The molecule has 0 saturated heterocycles. The summed E-state index contributed by atoms with van der Waals surface area (Å²) in [5, 5.41) is 3.82. The van der Waals surface area contributed by atoms with Crippen LogP contribution in [0.4, 0.5) is 5.69 Å². The van der Waals surface area contributed by atoms with Crippen LogP contribution in [-0.2, 0) is 16.0 Å². The molecule has 0 aliphatic carbocycles. The highest BCUT2D eigenvalue weighted by Crippen LogP contribution is 2.26. The largest absolute Gasteiger partial charge is 0.460 e. The minimum absolute atomic E-state index is 0.156. The maximum Gasteiger partial charge on any atom is 0.234 e. The SMILES string of the molecule is C[C@H](C(=O)Nc1ccc(CC(N)=O)cc1)c1cc2ccccc2o1. The molecule has 3 N–H and O–H groups in total. The molecule has 122 valence electrons. The number of hydrogen-bond acceptors (Lipinski definition) is 3. The van der Waals surface area contributed by atoms with Gasteiger partial charge in [-0.05, 0) is 36.8 Å². The van der Waals surface area contributed by atoms with Gasteiger partial charge in [-0.25, -0.2) is 0 Å². The van der Waals surface area contributed by atoms with Crippen molar-refractivity contribution in [3.05, 3.63) is 65.9 Å². The first-order valence-electron chi connectivity index (χ1n) is 7.69. The molecule has 3 aromatic rings. The van der Waals surface area contributed by atoms with Gasteiger partial charge in [-0.3, -0.25) is 9.59 Å². The summed E-state index contributed by atoms with van der Waals surface area (Å²) in [6.45, 7) is 1.80. The van der Waals surface area contributed by atoms with Crippen molar-refractivity contribution in [2.24, 2.45) is 5.73 Å². The van der Waals surface area contributed by atoms with Crippen LogP contribution >= 0.6 is 0 Å². The van der Waals surface area contributed by atoms with E-state index >= 15 is 0 Å². The number of anilines is 1. The Bertz CT molecular complexity index is 848. The van der Waals surface area contributed by atoms with Gasteiger partial charge in [0.25, 0.3) is 0 Å².